The maximum Gasteiger partial charge on any atom is 0.235 e. The van der Waals surface area contributed by atoms with E-state index in [2.05, 4.69) is 10.2 Å². The summed E-state index contributed by atoms with van der Waals surface area (Å²) in [5.41, 5.74) is 2.66. The highest BCUT2D eigenvalue weighted by Crippen LogP contribution is 2.28. The first-order chi connectivity index (χ1) is 16.9. The number of amides is 1. The number of carbonyl (C=O) groups excluding carboxylic acids is 1. The number of benzene rings is 3. The third kappa shape index (κ3) is 6.08. The molecule has 1 atom stereocenters. The van der Waals surface area contributed by atoms with Crippen LogP contribution >= 0.6 is 11.8 Å². The smallest absolute Gasteiger partial charge is 0.235 e. The second-order valence-corrected chi connectivity index (χ2v) is 9.52. The number of para-hydroxylation sites is 2. The van der Waals surface area contributed by atoms with Gasteiger partial charge in [0.05, 0.1) is 5.25 Å². The number of halogens is 1. The van der Waals surface area contributed by atoms with Crippen molar-refractivity contribution in [3.05, 3.63) is 102 Å². The van der Waals surface area contributed by atoms with Crippen molar-refractivity contribution in [1.29, 1.82) is 0 Å². The van der Waals surface area contributed by atoms with Gasteiger partial charge >= 0.3 is 0 Å². The van der Waals surface area contributed by atoms with Crippen molar-refractivity contribution < 1.29 is 13.9 Å². The summed E-state index contributed by atoms with van der Waals surface area (Å²) >= 11 is 1.33. The van der Waals surface area contributed by atoms with Gasteiger partial charge in [0.2, 0.25) is 5.91 Å². The number of carbonyl (C=O) groups is 1. The molecule has 4 rings (SSSR count). The van der Waals surface area contributed by atoms with Gasteiger partial charge in [-0.2, -0.15) is 0 Å². The molecule has 0 N–H and O–H groups in total. The number of hydrogen-bond acceptors (Lipinski definition) is 5. The van der Waals surface area contributed by atoms with Gasteiger partial charge in [0.25, 0.3) is 0 Å². The Morgan fingerprint density at radius 2 is 1.80 bits per heavy atom. The summed E-state index contributed by atoms with van der Waals surface area (Å²) in [5, 5.41) is 8.92. The molecule has 0 saturated carbocycles. The number of aryl methyl sites for hydroxylation is 1. The van der Waals surface area contributed by atoms with Crippen molar-refractivity contribution in [2.75, 3.05) is 7.05 Å². The Balaban J connectivity index is 1.52. The van der Waals surface area contributed by atoms with E-state index in [0.29, 0.717) is 17.5 Å². The monoisotopic (exact) mass is 490 g/mol. The summed E-state index contributed by atoms with van der Waals surface area (Å²) in [7, 11) is 1.72. The highest BCUT2D eigenvalue weighted by molar-refractivity contribution is 8.00. The van der Waals surface area contributed by atoms with Crippen LogP contribution in [-0.2, 0) is 17.9 Å². The van der Waals surface area contributed by atoms with Crippen LogP contribution in [0.1, 0.15) is 23.9 Å². The molecule has 35 heavy (non-hydrogen) atoms. The number of rotatable bonds is 9. The largest absolute Gasteiger partial charge is 0.485 e. The lowest BCUT2D eigenvalue weighted by Gasteiger charge is -2.21. The molecule has 3 aromatic carbocycles. The Bertz CT molecular complexity index is 1300. The lowest BCUT2D eigenvalue weighted by atomic mass is 10.2. The highest BCUT2D eigenvalue weighted by Gasteiger charge is 2.24. The molecule has 0 aliphatic heterocycles. The van der Waals surface area contributed by atoms with Gasteiger partial charge in [0.1, 0.15) is 18.2 Å². The van der Waals surface area contributed by atoms with Crippen LogP contribution in [0.4, 0.5) is 4.39 Å². The van der Waals surface area contributed by atoms with Gasteiger partial charge in [-0.3, -0.25) is 9.36 Å². The number of ether oxygens (including phenoxy) is 1. The summed E-state index contributed by atoms with van der Waals surface area (Å²) in [6.07, 6.45) is 0. The van der Waals surface area contributed by atoms with Gasteiger partial charge < -0.3 is 9.64 Å². The van der Waals surface area contributed by atoms with Crippen molar-refractivity contribution in [1.82, 2.24) is 19.7 Å². The number of aromatic nitrogens is 3. The molecule has 0 aliphatic rings. The number of hydrogen-bond donors (Lipinski definition) is 0. The summed E-state index contributed by atoms with van der Waals surface area (Å²) in [6.45, 7) is 4.38. The van der Waals surface area contributed by atoms with E-state index in [1.807, 2.05) is 73.0 Å². The molecular weight excluding hydrogens is 463 g/mol. The topological polar surface area (TPSA) is 60.3 Å². The van der Waals surface area contributed by atoms with Crippen LogP contribution in [0.3, 0.4) is 0 Å². The summed E-state index contributed by atoms with van der Waals surface area (Å²) in [6, 6.07) is 23.8. The molecule has 180 valence electrons. The maximum absolute atomic E-state index is 13.5. The molecular formula is C27H27FN4O2S. The Morgan fingerprint density at radius 3 is 2.54 bits per heavy atom. The van der Waals surface area contributed by atoms with Crippen LogP contribution in [-0.4, -0.2) is 37.9 Å². The van der Waals surface area contributed by atoms with Crippen molar-refractivity contribution in [2.45, 2.75) is 37.4 Å². The van der Waals surface area contributed by atoms with Crippen LogP contribution < -0.4 is 4.74 Å². The lowest BCUT2D eigenvalue weighted by Crippen LogP contribution is -2.33. The zero-order valence-electron chi connectivity index (χ0n) is 19.9. The average Bonchev–Trinajstić information content (AvgIpc) is 3.25. The van der Waals surface area contributed by atoms with E-state index >= 15 is 0 Å². The maximum atomic E-state index is 13.5. The van der Waals surface area contributed by atoms with E-state index < -0.39 is 5.25 Å². The molecule has 6 nitrogen and oxygen atoms in total. The Morgan fingerprint density at radius 1 is 1.06 bits per heavy atom. The molecule has 8 heteroatoms. The minimum atomic E-state index is -0.426. The van der Waals surface area contributed by atoms with E-state index in [1.54, 1.807) is 24.1 Å². The first-order valence-corrected chi connectivity index (χ1v) is 12.1. The summed E-state index contributed by atoms with van der Waals surface area (Å²) in [5.74, 6) is 1.02. The van der Waals surface area contributed by atoms with Crippen LogP contribution in [0.15, 0.2) is 84.0 Å². The van der Waals surface area contributed by atoms with Gasteiger partial charge in [-0.25, -0.2) is 4.39 Å². The van der Waals surface area contributed by atoms with Gasteiger partial charge in [-0.05, 0) is 55.3 Å². The predicted octanol–water partition coefficient (Wildman–Crippen LogP) is 5.43. The molecule has 1 amide bonds. The predicted molar refractivity (Wildman–Crippen MR) is 135 cm³/mol. The zero-order valence-corrected chi connectivity index (χ0v) is 20.7. The first-order valence-electron chi connectivity index (χ1n) is 11.3. The molecule has 0 saturated heterocycles. The fraction of sp³-hybridized carbons (Fsp3) is 0.222. The van der Waals surface area contributed by atoms with Gasteiger partial charge in [-0.15, -0.1) is 10.2 Å². The van der Waals surface area contributed by atoms with Crippen LogP contribution in [0.2, 0.25) is 0 Å². The number of thioether (sulfide) groups is 1. The Hall–Kier alpha value is -3.65. The fourth-order valence-corrected chi connectivity index (χ4v) is 4.67. The van der Waals surface area contributed by atoms with Crippen molar-refractivity contribution >= 4 is 17.7 Å². The second kappa shape index (κ2) is 11.2. The highest BCUT2D eigenvalue weighted by atomic mass is 32.2. The molecule has 0 unspecified atom stereocenters. The lowest BCUT2D eigenvalue weighted by molar-refractivity contribution is -0.129. The van der Waals surface area contributed by atoms with Crippen LogP contribution in [0.25, 0.3) is 5.69 Å². The quantitative estimate of drug-likeness (QED) is 0.293. The molecule has 4 aromatic rings. The van der Waals surface area contributed by atoms with Crippen molar-refractivity contribution in [3.8, 4) is 11.4 Å². The Kier molecular flexibility index (Phi) is 7.82. The van der Waals surface area contributed by atoms with E-state index in [1.165, 1.54) is 23.9 Å². The van der Waals surface area contributed by atoms with E-state index in [0.717, 1.165) is 22.6 Å². The molecule has 0 bridgehead atoms. The van der Waals surface area contributed by atoms with Crippen LogP contribution in [0.5, 0.6) is 5.75 Å². The SMILES string of the molecule is Cc1ccccc1OCc1nnc(S[C@@H](C)C(=O)N(C)Cc2cccc(F)c2)n1-c1ccccc1. The fourth-order valence-electron chi connectivity index (χ4n) is 3.67. The normalized spacial score (nSPS) is 11.8. The summed E-state index contributed by atoms with van der Waals surface area (Å²) < 4.78 is 21.5. The van der Waals surface area contributed by atoms with Crippen molar-refractivity contribution in [3.63, 3.8) is 0 Å². The van der Waals surface area contributed by atoms with Gasteiger partial charge in [0, 0.05) is 19.3 Å². The Labute approximate surface area is 208 Å². The zero-order chi connectivity index (χ0) is 24.8. The molecule has 0 spiro atoms. The van der Waals surface area contributed by atoms with E-state index in [9.17, 15) is 9.18 Å². The third-order valence-electron chi connectivity index (χ3n) is 5.48. The molecule has 0 aliphatic carbocycles. The average molecular weight is 491 g/mol. The van der Waals surface area contributed by atoms with E-state index in [4.69, 9.17) is 4.74 Å². The molecule has 1 aromatic heterocycles. The standard InChI is InChI=1S/C27H27FN4O2S/c1-19-10-7-8-15-24(19)34-18-25-29-30-27(32(25)23-13-5-4-6-14-23)35-20(2)26(33)31(3)17-21-11-9-12-22(28)16-21/h4-16,20H,17-18H2,1-3H3/t20-/m0/s1. The minimum Gasteiger partial charge on any atom is -0.485 e. The van der Waals surface area contributed by atoms with Crippen LogP contribution in [0, 0.1) is 12.7 Å². The third-order valence-corrected chi connectivity index (χ3v) is 6.51. The number of nitrogens with zero attached hydrogens (tertiary/aromatic N) is 4. The van der Waals surface area contributed by atoms with Gasteiger partial charge in [0.15, 0.2) is 11.0 Å². The first kappa shape index (κ1) is 24.5. The van der Waals surface area contributed by atoms with Crippen molar-refractivity contribution in [2.24, 2.45) is 0 Å². The summed E-state index contributed by atoms with van der Waals surface area (Å²) in [4.78, 5) is 14.7. The molecule has 0 fully saturated rings. The second-order valence-electron chi connectivity index (χ2n) is 8.21. The van der Waals surface area contributed by atoms with Gasteiger partial charge in [-0.1, -0.05) is 60.3 Å². The minimum absolute atomic E-state index is 0.0837. The molecule has 0 radical (unpaired) electrons. The molecule has 1 heterocycles. The van der Waals surface area contributed by atoms with E-state index in [-0.39, 0.29) is 18.3 Å².